The Morgan fingerprint density at radius 2 is 1.32 bits per heavy atom. The first-order chi connectivity index (χ1) is 14.2. The SMILES string of the molecule is CC(C)(O)CN.CC(C)(O)CNc1ccccc1[N+](=O)[O-].O=[N+]([O-])c1ccccc1F. The van der Waals surface area contributed by atoms with Crippen molar-refractivity contribution in [2.24, 2.45) is 5.73 Å². The van der Waals surface area contributed by atoms with Gasteiger partial charge in [-0.1, -0.05) is 24.3 Å². The number of aliphatic hydroxyl groups is 2. The molecule has 0 spiro atoms. The van der Waals surface area contributed by atoms with Crippen LogP contribution in [0.3, 0.4) is 0 Å². The first kappa shape index (κ1) is 27.8. The van der Waals surface area contributed by atoms with E-state index in [1.165, 1.54) is 18.2 Å². The van der Waals surface area contributed by atoms with Crippen molar-refractivity contribution in [3.63, 3.8) is 0 Å². The Labute approximate surface area is 179 Å². The molecule has 0 heterocycles. The van der Waals surface area contributed by atoms with Gasteiger partial charge in [0.1, 0.15) is 5.69 Å². The number of nitro groups is 2. The monoisotopic (exact) mass is 440 g/mol. The summed E-state index contributed by atoms with van der Waals surface area (Å²) in [6.45, 7) is 7.20. The van der Waals surface area contributed by atoms with Gasteiger partial charge >= 0.3 is 5.69 Å². The van der Waals surface area contributed by atoms with Crippen LogP contribution >= 0.6 is 0 Å². The molecule has 5 N–H and O–H groups in total. The molecule has 31 heavy (non-hydrogen) atoms. The standard InChI is InChI=1S/C10H14N2O3.C6H4FNO2.C4H11NO/c1-10(2,13)7-11-8-5-3-4-6-9(8)12(14)15;7-5-3-1-2-4-6(5)8(9)10;1-4(2,6)3-5/h3-6,11,13H,7H2,1-2H3;1-4H;6H,3,5H2,1-2H3. The molecular formula is C20H29FN4O6. The molecule has 0 aliphatic heterocycles. The third-order valence-electron chi connectivity index (χ3n) is 3.36. The van der Waals surface area contributed by atoms with Crippen LogP contribution in [0.25, 0.3) is 0 Å². The van der Waals surface area contributed by atoms with Crippen molar-refractivity contribution in [1.29, 1.82) is 0 Å². The minimum atomic E-state index is -0.899. The highest BCUT2D eigenvalue weighted by atomic mass is 19.1. The number of hydrogen-bond acceptors (Lipinski definition) is 8. The lowest BCUT2D eigenvalue weighted by atomic mass is 10.1. The maximum atomic E-state index is 12.4. The highest BCUT2D eigenvalue weighted by Crippen LogP contribution is 2.23. The number of anilines is 1. The minimum Gasteiger partial charge on any atom is -0.389 e. The maximum absolute atomic E-state index is 12.4. The van der Waals surface area contributed by atoms with Crippen LogP contribution in [0.1, 0.15) is 27.7 Å². The van der Waals surface area contributed by atoms with Gasteiger partial charge in [-0.25, -0.2) is 0 Å². The van der Waals surface area contributed by atoms with Crippen LogP contribution in [0.5, 0.6) is 0 Å². The summed E-state index contributed by atoms with van der Waals surface area (Å²) < 4.78 is 12.4. The molecule has 0 radical (unpaired) electrons. The van der Waals surface area contributed by atoms with Crippen LogP contribution in [-0.2, 0) is 0 Å². The molecule has 0 aliphatic rings. The molecule has 0 saturated carbocycles. The van der Waals surface area contributed by atoms with Crippen molar-refractivity contribution in [3.8, 4) is 0 Å². The molecule has 0 atom stereocenters. The normalized spacial score (nSPS) is 10.7. The average Bonchev–Trinajstić information content (AvgIpc) is 2.66. The molecular weight excluding hydrogens is 411 g/mol. The Morgan fingerprint density at radius 1 is 0.903 bits per heavy atom. The molecule has 2 aromatic carbocycles. The number of hydrogen-bond donors (Lipinski definition) is 4. The lowest BCUT2D eigenvalue weighted by molar-refractivity contribution is -0.387. The summed E-state index contributed by atoms with van der Waals surface area (Å²) in [7, 11) is 0. The van der Waals surface area contributed by atoms with Crippen LogP contribution in [0.15, 0.2) is 48.5 Å². The van der Waals surface area contributed by atoms with E-state index in [2.05, 4.69) is 5.32 Å². The van der Waals surface area contributed by atoms with E-state index in [-0.39, 0.29) is 12.2 Å². The number of nitrogens with two attached hydrogens (primary N) is 1. The molecule has 10 nitrogen and oxygen atoms in total. The van der Waals surface area contributed by atoms with E-state index in [0.29, 0.717) is 12.2 Å². The zero-order valence-corrected chi connectivity index (χ0v) is 17.9. The van der Waals surface area contributed by atoms with Crippen LogP contribution in [0.2, 0.25) is 0 Å². The summed E-state index contributed by atoms with van der Waals surface area (Å²) in [5, 5.41) is 41.7. The molecule has 0 unspecified atom stereocenters. The topological polar surface area (TPSA) is 165 Å². The number of para-hydroxylation sites is 3. The van der Waals surface area contributed by atoms with Crippen molar-refractivity contribution in [3.05, 3.63) is 74.6 Å². The zero-order valence-electron chi connectivity index (χ0n) is 17.9. The Morgan fingerprint density at radius 3 is 1.68 bits per heavy atom. The van der Waals surface area contributed by atoms with Crippen LogP contribution < -0.4 is 11.1 Å². The summed E-state index contributed by atoms with van der Waals surface area (Å²) in [5.74, 6) is -0.799. The summed E-state index contributed by atoms with van der Waals surface area (Å²) in [6.07, 6.45) is 0. The second kappa shape index (κ2) is 12.5. The summed E-state index contributed by atoms with van der Waals surface area (Å²) in [6, 6.07) is 11.3. The minimum absolute atomic E-state index is 0.0155. The van der Waals surface area contributed by atoms with Gasteiger partial charge < -0.3 is 21.3 Å². The number of nitrogens with one attached hydrogen (secondary N) is 1. The van der Waals surface area contributed by atoms with Gasteiger partial charge in [0.05, 0.1) is 21.0 Å². The van der Waals surface area contributed by atoms with Crippen molar-refractivity contribution in [2.45, 2.75) is 38.9 Å². The van der Waals surface area contributed by atoms with Gasteiger partial charge in [0.25, 0.3) is 5.69 Å². The smallest absolute Gasteiger partial charge is 0.304 e. The molecule has 0 fully saturated rings. The van der Waals surface area contributed by atoms with Gasteiger partial charge in [-0.2, -0.15) is 4.39 Å². The third-order valence-corrected chi connectivity index (χ3v) is 3.36. The Balaban J connectivity index is 0.000000484. The molecule has 2 rings (SSSR count). The average molecular weight is 440 g/mol. The molecule has 0 saturated heterocycles. The van der Waals surface area contributed by atoms with E-state index in [9.17, 15) is 29.7 Å². The van der Waals surface area contributed by atoms with Gasteiger partial charge in [-0.3, -0.25) is 20.2 Å². The van der Waals surface area contributed by atoms with Gasteiger partial charge in [0.2, 0.25) is 5.82 Å². The Bertz CT molecular complexity index is 850. The van der Waals surface area contributed by atoms with Crippen molar-refractivity contribution < 1.29 is 24.5 Å². The summed E-state index contributed by atoms with van der Waals surface area (Å²) in [5.41, 5.74) is 3.43. The third kappa shape index (κ3) is 12.9. The highest BCUT2D eigenvalue weighted by Gasteiger charge is 2.16. The second-order valence-electron chi connectivity index (χ2n) is 7.67. The van der Waals surface area contributed by atoms with Crippen molar-refractivity contribution in [1.82, 2.24) is 0 Å². The molecule has 0 aromatic heterocycles. The van der Waals surface area contributed by atoms with Crippen LogP contribution in [-0.4, -0.2) is 44.4 Å². The van der Waals surface area contributed by atoms with Crippen molar-refractivity contribution >= 4 is 17.1 Å². The van der Waals surface area contributed by atoms with Crippen LogP contribution in [0.4, 0.5) is 21.5 Å². The predicted octanol–water partition coefficient (Wildman–Crippen LogP) is 3.23. The van der Waals surface area contributed by atoms with Gasteiger partial charge in [-0.05, 0) is 39.8 Å². The van der Waals surface area contributed by atoms with E-state index < -0.39 is 32.6 Å². The maximum Gasteiger partial charge on any atom is 0.304 e. The molecule has 172 valence electrons. The highest BCUT2D eigenvalue weighted by molar-refractivity contribution is 5.61. The van der Waals surface area contributed by atoms with Crippen molar-refractivity contribution in [2.75, 3.05) is 18.4 Å². The fraction of sp³-hybridized carbons (Fsp3) is 0.400. The first-order valence-corrected chi connectivity index (χ1v) is 9.19. The van der Waals surface area contributed by atoms with E-state index in [0.717, 1.165) is 12.1 Å². The number of nitrogens with zero attached hydrogens (tertiary/aromatic N) is 2. The second-order valence-corrected chi connectivity index (χ2v) is 7.67. The summed E-state index contributed by atoms with van der Waals surface area (Å²) in [4.78, 5) is 19.4. The van der Waals surface area contributed by atoms with E-state index in [1.54, 1.807) is 45.9 Å². The quantitative estimate of drug-likeness (QED) is 0.392. The number of rotatable bonds is 6. The largest absolute Gasteiger partial charge is 0.389 e. The van der Waals surface area contributed by atoms with Gasteiger partial charge in [-0.15, -0.1) is 0 Å². The molecule has 0 aliphatic carbocycles. The fourth-order valence-corrected chi connectivity index (χ4v) is 1.69. The van der Waals surface area contributed by atoms with E-state index in [4.69, 9.17) is 10.8 Å². The Kier molecular flexibility index (Phi) is 11.3. The predicted molar refractivity (Wildman–Crippen MR) is 116 cm³/mol. The Hall–Kier alpha value is -3.15. The van der Waals surface area contributed by atoms with Gasteiger partial charge in [0.15, 0.2) is 0 Å². The number of halogens is 1. The van der Waals surface area contributed by atoms with E-state index >= 15 is 0 Å². The van der Waals surface area contributed by atoms with Crippen LogP contribution in [0, 0.1) is 26.0 Å². The summed E-state index contributed by atoms with van der Waals surface area (Å²) >= 11 is 0. The lowest BCUT2D eigenvalue weighted by Gasteiger charge is -2.18. The molecule has 2 aromatic rings. The van der Waals surface area contributed by atoms with Gasteiger partial charge in [0, 0.05) is 25.2 Å². The first-order valence-electron chi connectivity index (χ1n) is 9.19. The lowest BCUT2D eigenvalue weighted by Crippen LogP contribution is -2.29. The molecule has 11 heteroatoms. The van der Waals surface area contributed by atoms with E-state index in [1.807, 2.05) is 0 Å². The molecule has 0 bridgehead atoms. The number of nitro benzene ring substituents is 2. The number of benzene rings is 2. The molecule has 0 amide bonds. The zero-order chi connectivity index (χ0) is 24.2. The fourth-order valence-electron chi connectivity index (χ4n) is 1.69.